The maximum atomic E-state index is 12.0. The van der Waals surface area contributed by atoms with E-state index in [1.54, 1.807) is 0 Å². The molecule has 0 aromatic heterocycles. The first kappa shape index (κ1) is 12.4. The lowest BCUT2D eigenvalue weighted by molar-refractivity contribution is 0.0131. The number of rotatable bonds is 0. The largest absolute Gasteiger partial charge is 0.444 e. The highest BCUT2D eigenvalue weighted by molar-refractivity contribution is 5.68. The molecular formula is C13H22N2O2. The number of amides is 1. The van der Waals surface area contributed by atoms with Crippen molar-refractivity contribution in [2.75, 3.05) is 19.6 Å². The van der Waals surface area contributed by atoms with Gasteiger partial charge in [0.1, 0.15) is 5.60 Å². The monoisotopic (exact) mass is 238 g/mol. The van der Waals surface area contributed by atoms with Gasteiger partial charge in [-0.15, -0.1) is 0 Å². The molecule has 0 atom stereocenters. The van der Waals surface area contributed by atoms with Gasteiger partial charge in [-0.25, -0.2) is 4.79 Å². The Kier molecular flexibility index (Phi) is 3.17. The predicted molar refractivity (Wildman–Crippen MR) is 66.9 cm³/mol. The van der Waals surface area contributed by atoms with Crippen molar-refractivity contribution < 1.29 is 9.53 Å². The molecule has 4 heteroatoms. The molecule has 1 fully saturated rings. The lowest BCUT2D eigenvalue weighted by atomic mass is 9.94. The highest BCUT2D eigenvalue weighted by Gasteiger charge is 2.38. The molecule has 2 rings (SSSR count). The summed E-state index contributed by atoms with van der Waals surface area (Å²) in [7, 11) is 0. The Hall–Kier alpha value is -1.03. The van der Waals surface area contributed by atoms with Crippen LogP contribution < -0.4 is 5.32 Å². The molecule has 0 aromatic rings. The Balaban J connectivity index is 1.95. The zero-order valence-corrected chi connectivity index (χ0v) is 11.0. The number of ether oxygens (including phenoxy) is 1. The summed E-state index contributed by atoms with van der Waals surface area (Å²) in [5, 5.41) is 3.53. The maximum absolute atomic E-state index is 12.0. The highest BCUT2D eigenvalue weighted by atomic mass is 16.6. The topological polar surface area (TPSA) is 41.6 Å². The summed E-state index contributed by atoms with van der Waals surface area (Å²) in [4.78, 5) is 13.8. The van der Waals surface area contributed by atoms with Crippen LogP contribution >= 0.6 is 0 Å². The Labute approximate surface area is 103 Å². The van der Waals surface area contributed by atoms with Crippen molar-refractivity contribution in [3.8, 4) is 0 Å². The molecule has 0 aromatic carbocycles. The lowest BCUT2D eigenvalue weighted by Gasteiger charge is -2.41. The average molecular weight is 238 g/mol. The summed E-state index contributed by atoms with van der Waals surface area (Å²) in [6, 6.07) is 0. The molecule has 1 amide bonds. The molecule has 2 aliphatic rings. The normalized spacial score (nSPS) is 23.1. The second-order valence-corrected chi connectivity index (χ2v) is 5.99. The quantitative estimate of drug-likeness (QED) is 0.655. The molecule has 0 radical (unpaired) electrons. The standard InChI is InChI=1S/C13H22N2O2/c1-12(2,3)17-11(16)15-9-8-14-13(10-15)6-4-5-7-13/h4-5,14H,6-10H2,1-3H3. The highest BCUT2D eigenvalue weighted by Crippen LogP contribution is 2.27. The minimum Gasteiger partial charge on any atom is -0.444 e. The van der Waals surface area contributed by atoms with Crippen molar-refractivity contribution in [2.45, 2.75) is 44.8 Å². The Morgan fingerprint density at radius 1 is 1.35 bits per heavy atom. The zero-order chi connectivity index (χ0) is 12.5. The number of carbonyl (C=O) groups excluding carboxylic acids is 1. The first-order valence-electron chi connectivity index (χ1n) is 6.28. The van der Waals surface area contributed by atoms with Crippen LogP contribution in [0.5, 0.6) is 0 Å². The fourth-order valence-corrected chi connectivity index (χ4v) is 2.41. The summed E-state index contributed by atoms with van der Waals surface area (Å²) >= 11 is 0. The van der Waals surface area contributed by atoms with Crippen LogP contribution in [0.1, 0.15) is 33.6 Å². The van der Waals surface area contributed by atoms with Crippen molar-refractivity contribution in [3.63, 3.8) is 0 Å². The van der Waals surface area contributed by atoms with Crippen LogP contribution in [0.25, 0.3) is 0 Å². The molecule has 1 N–H and O–H groups in total. The lowest BCUT2D eigenvalue weighted by Crippen LogP contribution is -2.60. The predicted octanol–water partition coefficient (Wildman–Crippen LogP) is 1.92. The number of nitrogens with zero attached hydrogens (tertiary/aromatic N) is 1. The third kappa shape index (κ3) is 3.00. The Bertz CT molecular complexity index is 323. The molecular weight excluding hydrogens is 216 g/mol. The van der Waals surface area contributed by atoms with Gasteiger partial charge in [0.05, 0.1) is 0 Å². The van der Waals surface area contributed by atoms with Gasteiger partial charge in [0.2, 0.25) is 0 Å². The van der Waals surface area contributed by atoms with Crippen molar-refractivity contribution in [2.24, 2.45) is 0 Å². The summed E-state index contributed by atoms with van der Waals surface area (Å²) in [5.41, 5.74) is -0.349. The average Bonchev–Trinajstić information content (AvgIpc) is 2.64. The van der Waals surface area contributed by atoms with E-state index in [0.717, 1.165) is 32.5 Å². The minimum absolute atomic E-state index is 0.0646. The van der Waals surface area contributed by atoms with E-state index in [0.29, 0.717) is 0 Å². The SMILES string of the molecule is CC(C)(C)OC(=O)N1CCNC2(CC=CC2)C1. The van der Waals surface area contributed by atoms with Crippen molar-refractivity contribution in [1.29, 1.82) is 0 Å². The number of piperazine rings is 1. The van der Waals surface area contributed by atoms with Crippen molar-refractivity contribution in [1.82, 2.24) is 10.2 Å². The van der Waals surface area contributed by atoms with Crippen molar-refractivity contribution in [3.05, 3.63) is 12.2 Å². The zero-order valence-electron chi connectivity index (χ0n) is 11.0. The van der Waals surface area contributed by atoms with Crippen LogP contribution in [0.2, 0.25) is 0 Å². The van der Waals surface area contributed by atoms with Crippen LogP contribution in [0, 0.1) is 0 Å². The first-order chi connectivity index (χ1) is 7.90. The molecule has 1 saturated heterocycles. The molecule has 0 unspecified atom stereocenters. The van der Waals surface area contributed by atoms with E-state index >= 15 is 0 Å². The second-order valence-electron chi connectivity index (χ2n) is 5.99. The number of carbonyl (C=O) groups is 1. The van der Waals surface area contributed by atoms with E-state index in [-0.39, 0.29) is 11.6 Å². The Morgan fingerprint density at radius 3 is 2.59 bits per heavy atom. The van der Waals surface area contributed by atoms with Gasteiger partial charge >= 0.3 is 6.09 Å². The second kappa shape index (κ2) is 4.33. The van der Waals surface area contributed by atoms with Crippen LogP contribution in [0.3, 0.4) is 0 Å². The maximum Gasteiger partial charge on any atom is 0.410 e. The number of hydrogen-bond acceptors (Lipinski definition) is 3. The summed E-state index contributed by atoms with van der Waals surface area (Å²) in [6.07, 6.45) is 6.20. The van der Waals surface area contributed by atoms with E-state index in [1.807, 2.05) is 25.7 Å². The molecule has 1 spiro atoms. The molecule has 1 aliphatic carbocycles. The van der Waals surface area contributed by atoms with Crippen molar-refractivity contribution >= 4 is 6.09 Å². The molecule has 4 nitrogen and oxygen atoms in total. The van der Waals surface area contributed by atoms with E-state index in [1.165, 1.54) is 0 Å². The minimum atomic E-state index is -0.414. The summed E-state index contributed by atoms with van der Waals surface area (Å²) in [5.74, 6) is 0. The summed E-state index contributed by atoms with van der Waals surface area (Å²) in [6.45, 7) is 8.03. The van der Waals surface area contributed by atoms with Crippen LogP contribution in [-0.4, -0.2) is 41.8 Å². The third-order valence-electron chi connectivity index (χ3n) is 3.21. The van der Waals surface area contributed by atoms with Gasteiger partial charge < -0.3 is 15.0 Å². The van der Waals surface area contributed by atoms with Gasteiger partial charge in [-0.1, -0.05) is 12.2 Å². The number of hydrogen-bond donors (Lipinski definition) is 1. The van der Waals surface area contributed by atoms with Gasteiger partial charge in [0.15, 0.2) is 0 Å². The van der Waals surface area contributed by atoms with Gasteiger partial charge in [-0.2, -0.15) is 0 Å². The first-order valence-corrected chi connectivity index (χ1v) is 6.28. The van der Waals surface area contributed by atoms with Gasteiger partial charge in [-0.3, -0.25) is 0 Å². The fourth-order valence-electron chi connectivity index (χ4n) is 2.41. The van der Waals surface area contributed by atoms with E-state index in [4.69, 9.17) is 4.74 Å². The smallest absolute Gasteiger partial charge is 0.410 e. The molecule has 1 heterocycles. The molecule has 17 heavy (non-hydrogen) atoms. The molecule has 96 valence electrons. The molecule has 1 aliphatic heterocycles. The van der Waals surface area contributed by atoms with Crippen LogP contribution in [0.15, 0.2) is 12.2 Å². The van der Waals surface area contributed by atoms with E-state index in [2.05, 4.69) is 17.5 Å². The molecule has 0 saturated carbocycles. The fraction of sp³-hybridized carbons (Fsp3) is 0.769. The van der Waals surface area contributed by atoms with Crippen LogP contribution in [0.4, 0.5) is 4.79 Å². The van der Waals surface area contributed by atoms with Crippen LogP contribution in [-0.2, 0) is 4.74 Å². The van der Waals surface area contributed by atoms with Gasteiger partial charge in [0.25, 0.3) is 0 Å². The van der Waals surface area contributed by atoms with Gasteiger partial charge in [0, 0.05) is 25.2 Å². The van der Waals surface area contributed by atoms with E-state index < -0.39 is 5.60 Å². The Morgan fingerprint density at radius 2 is 2.00 bits per heavy atom. The molecule has 0 bridgehead atoms. The summed E-state index contributed by atoms with van der Waals surface area (Å²) < 4.78 is 5.42. The number of nitrogens with one attached hydrogen (secondary N) is 1. The van der Waals surface area contributed by atoms with E-state index in [9.17, 15) is 4.79 Å². The third-order valence-corrected chi connectivity index (χ3v) is 3.21. The van der Waals surface area contributed by atoms with Gasteiger partial charge in [-0.05, 0) is 33.6 Å².